The number of hydrogen-bond donors (Lipinski definition) is 2. The van der Waals surface area contributed by atoms with Crippen LogP contribution in [0.3, 0.4) is 0 Å². The first-order valence-electron chi connectivity index (χ1n) is 6.07. The van der Waals surface area contributed by atoms with Gasteiger partial charge in [0.25, 0.3) is 5.91 Å². The predicted molar refractivity (Wildman–Crippen MR) is 63.1 cm³/mol. The minimum atomic E-state index is -0.680. The van der Waals surface area contributed by atoms with Crippen LogP contribution < -0.4 is 5.32 Å². The van der Waals surface area contributed by atoms with Gasteiger partial charge in [0, 0.05) is 13.2 Å². The summed E-state index contributed by atoms with van der Waals surface area (Å²) in [5.74, 6) is 0.256. The third kappa shape index (κ3) is 2.70. The first-order valence-corrected chi connectivity index (χ1v) is 6.07. The number of nitrogens with zero attached hydrogens (tertiary/aromatic N) is 1. The summed E-state index contributed by atoms with van der Waals surface area (Å²) in [6, 6.07) is 1.27. The molecule has 0 spiro atoms. The lowest BCUT2D eigenvalue weighted by atomic mass is 9.90. The lowest BCUT2D eigenvalue weighted by Gasteiger charge is -2.34. The zero-order chi connectivity index (χ0) is 13.1. The molecule has 1 saturated carbocycles. The largest absolute Gasteiger partial charge is 0.388 e. The maximum Gasteiger partial charge on any atom is 0.273 e. The molecule has 0 unspecified atom stereocenters. The molecule has 1 aromatic heterocycles. The quantitative estimate of drug-likeness (QED) is 0.827. The standard InChI is InChI=1S/C12H18N2O4/c1-7-6-9(14-18-7)12(16)13-8-4-3-5-10(17-2)11(8)15/h6,8,10-11,15H,3-5H2,1-2H3,(H,13,16)/t8-,10-,11-/m1/s1. The van der Waals surface area contributed by atoms with Crippen molar-refractivity contribution in [3.05, 3.63) is 17.5 Å². The van der Waals surface area contributed by atoms with Crippen LogP contribution in [-0.4, -0.2) is 41.5 Å². The molecule has 18 heavy (non-hydrogen) atoms. The Hall–Kier alpha value is -1.40. The van der Waals surface area contributed by atoms with Crippen LogP contribution in [0.2, 0.25) is 0 Å². The van der Waals surface area contributed by atoms with Gasteiger partial charge in [-0.2, -0.15) is 0 Å². The molecule has 100 valence electrons. The average Bonchev–Trinajstić information content (AvgIpc) is 2.78. The van der Waals surface area contributed by atoms with Gasteiger partial charge < -0.3 is 19.7 Å². The fourth-order valence-corrected chi connectivity index (χ4v) is 2.27. The molecular formula is C12H18N2O4. The molecule has 6 nitrogen and oxygen atoms in total. The van der Waals surface area contributed by atoms with Crippen molar-refractivity contribution in [3.63, 3.8) is 0 Å². The molecule has 0 bridgehead atoms. The van der Waals surface area contributed by atoms with Gasteiger partial charge in [-0.15, -0.1) is 0 Å². The van der Waals surface area contributed by atoms with Gasteiger partial charge in [-0.25, -0.2) is 0 Å². The molecule has 6 heteroatoms. The fourth-order valence-electron chi connectivity index (χ4n) is 2.27. The van der Waals surface area contributed by atoms with Gasteiger partial charge in [0.05, 0.1) is 12.1 Å². The number of aryl methyl sites for hydroxylation is 1. The minimum absolute atomic E-state index is 0.219. The lowest BCUT2D eigenvalue weighted by molar-refractivity contribution is -0.0513. The normalized spacial score (nSPS) is 28.1. The Morgan fingerprint density at radius 3 is 3.00 bits per heavy atom. The number of rotatable bonds is 3. The molecule has 1 aromatic rings. The summed E-state index contributed by atoms with van der Waals surface area (Å²) in [5.41, 5.74) is 0.235. The Balaban J connectivity index is 1.98. The molecule has 2 rings (SSSR count). The van der Waals surface area contributed by atoms with E-state index < -0.39 is 6.10 Å². The third-order valence-electron chi connectivity index (χ3n) is 3.28. The van der Waals surface area contributed by atoms with Gasteiger partial charge in [0.2, 0.25) is 0 Å². The SMILES string of the molecule is CO[C@@H]1CCC[C@@H](NC(=O)c2cc(C)on2)[C@H]1O. The Labute approximate surface area is 105 Å². The van der Waals surface area contributed by atoms with Gasteiger partial charge in [-0.05, 0) is 26.2 Å². The molecule has 0 radical (unpaired) electrons. The van der Waals surface area contributed by atoms with Gasteiger partial charge in [0.1, 0.15) is 11.9 Å². The Morgan fingerprint density at radius 2 is 2.39 bits per heavy atom. The molecule has 3 atom stereocenters. The number of ether oxygens (including phenoxy) is 1. The summed E-state index contributed by atoms with van der Waals surface area (Å²) in [7, 11) is 1.57. The van der Waals surface area contributed by atoms with E-state index in [4.69, 9.17) is 9.26 Å². The number of aliphatic hydroxyl groups is 1. The third-order valence-corrected chi connectivity index (χ3v) is 3.28. The van der Waals surface area contributed by atoms with Gasteiger partial charge in [-0.1, -0.05) is 5.16 Å². The number of aliphatic hydroxyl groups excluding tert-OH is 1. The lowest BCUT2D eigenvalue weighted by Crippen LogP contribution is -2.51. The topological polar surface area (TPSA) is 84.6 Å². The maximum absolute atomic E-state index is 11.9. The van der Waals surface area contributed by atoms with Gasteiger partial charge in [-0.3, -0.25) is 4.79 Å². The van der Waals surface area contributed by atoms with Crippen molar-refractivity contribution in [2.45, 2.75) is 44.4 Å². The second-order valence-corrected chi connectivity index (χ2v) is 4.60. The van der Waals surface area contributed by atoms with E-state index >= 15 is 0 Å². The summed E-state index contributed by atoms with van der Waals surface area (Å²) in [6.45, 7) is 1.72. The van der Waals surface area contributed by atoms with E-state index in [9.17, 15) is 9.90 Å². The van der Waals surface area contributed by atoms with Crippen molar-refractivity contribution in [1.29, 1.82) is 0 Å². The molecule has 1 aliphatic carbocycles. The Kier molecular flexibility index (Phi) is 3.98. The van der Waals surface area contributed by atoms with Crippen molar-refractivity contribution in [3.8, 4) is 0 Å². The number of carbonyl (C=O) groups is 1. The Bertz CT molecular complexity index is 418. The monoisotopic (exact) mass is 254 g/mol. The van der Waals surface area contributed by atoms with E-state index in [2.05, 4.69) is 10.5 Å². The number of aromatic nitrogens is 1. The summed E-state index contributed by atoms with van der Waals surface area (Å²) < 4.78 is 10.0. The van der Waals surface area contributed by atoms with Crippen LogP contribution in [0, 0.1) is 6.92 Å². The first-order chi connectivity index (χ1) is 8.61. The highest BCUT2D eigenvalue weighted by atomic mass is 16.5. The Morgan fingerprint density at radius 1 is 1.61 bits per heavy atom. The highest BCUT2D eigenvalue weighted by Gasteiger charge is 2.33. The van der Waals surface area contributed by atoms with E-state index in [-0.39, 0.29) is 23.7 Å². The number of carbonyl (C=O) groups excluding carboxylic acids is 1. The zero-order valence-corrected chi connectivity index (χ0v) is 10.5. The van der Waals surface area contributed by atoms with E-state index in [0.29, 0.717) is 5.76 Å². The molecule has 1 aliphatic rings. The van der Waals surface area contributed by atoms with Crippen LogP contribution in [0.1, 0.15) is 35.5 Å². The van der Waals surface area contributed by atoms with Crippen LogP contribution >= 0.6 is 0 Å². The second kappa shape index (κ2) is 5.49. The minimum Gasteiger partial charge on any atom is -0.388 e. The molecule has 0 aromatic carbocycles. The van der Waals surface area contributed by atoms with Crippen molar-refractivity contribution >= 4 is 5.91 Å². The summed E-state index contributed by atoms with van der Waals surface area (Å²) >= 11 is 0. The van der Waals surface area contributed by atoms with E-state index in [1.165, 1.54) is 0 Å². The molecule has 0 saturated heterocycles. The van der Waals surface area contributed by atoms with Crippen LogP contribution in [-0.2, 0) is 4.74 Å². The van der Waals surface area contributed by atoms with Crippen molar-refractivity contribution in [2.24, 2.45) is 0 Å². The van der Waals surface area contributed by atoms with Crippen molar-refractivity contribution in [2.75, 3.05) is 7.11 Å². The predicted octanol–water partition coefficient (Wildman–Crippen LogP) is 0.641. The van der Waals surface area contributed by atoms with E-state index in [0.717, 1.165) is 19.3 Å². The number of amides is 1. The molecule has 2 N–H and O–H groups in total. The maximum atomic E-state index is 11.9. The highest BCUT2D eigenvalue weighted by molar-refractivity contribution is 5.92. The number of nitrogens with one attached hydrogen (secondary N) is 1. The van der Waals surface area contributed by atoms with Crippen LogP contribution in [0.15, 0.2) is 10.6 Å². The summed E-state index contributed by atoms with van der Waals surface area (Å²) in [4.78, 5) is 11.9. The van der Waals surface area contributed by atoms with Crippen molar-refractivity contribution < 1.29 is 19.2 Å². The van der Waals surface area contributed by atoms with Crippen LogP contribution in [0.5, 0.6) is 0 Å². The number of hydrogen-bond acceptors (Lipinski definition) is 5. The molecule has 1 fully saturated rings. The molecule has 1 amide bonds. The van der Waals surface area contributed by atoms with Crippen LogP contribution in [0.25, 0.3) is 0 Å². The zero-order valence-electron chi connectivity index (χ0n) is 10.5. The van der Waals surface area contributed by atoms with E-state index in [1.54, 1.807) is 20.1 Å². The highest BCUT2D eigenvalue weighted by Crippen LogP contribution is 2.21. The van der Waals surface area contributed by atoms with Crippen molar-refractivity contribution in [1.82, 2.24) is 10.5 Å². The molecular weight excluding hydrogens is 236 g/mol. The second-order valence-electron chi connectivity index (χ2n) is 4.60. The average molecular weight is 254 g/mol. The number of methoxy groups -OCH3 is 1. The smallest absolute Gasteiger partial charge is 0.273 e. The first kappa shape index (κ1) is 13.0. The van der Waals surface area contributed by atoms with Gasteiger partial charge in [0.15, 0.2) is 5.69 Å². The summed E-state index contributed by atoms with van der Waals surface area (Å²) in [5, 5.41) is 16.5. The molecule has 0 aliphatic heterocycles. The summed E-state index contributed by atoms with van der Waals surface area (Å²) in [6.07, 6.45) is 1.57. The fraction of sp³-hybridized carbons (Fsp3) is 0.667. The van der Waals surface area contributed by atoms with Crippen LogP contribution in [0.4, 0.5) is 0 Å². The van der Waals surface area contributed by atoms with Gasteiger partial charge >= 0.3 is 0 Å². The van der Waals surface area contributed by atoms with E-state index in [1.807, 2.05) is 0 Å². The molecule has 1 heterocycles.